The largest absolute Gasteiger partial charge is 0.490 e. The first-order chi connectivity index (χ1) is 10.5. The van der Waals surface area contributed by atoms with E-state index in [9.17, 15) is 9.59 Å². The zero-order valence-corrected chi connectivity index (χ0v) is 12.5. The lowest BCUT2D eigenvalue weighted by Crippen LogP contribution is -2.36. The smallest absolute Gasteiger partial charge is 0.323 e. The van der Waals surface area contributed by atoms with Crippen LogP contribution in [-0.2, 0) is 16.0 Å². The molecule has 2 N–H and O–H groups in total. The van der Waals surface area contributed by atoms with Crippen LogP contribution in [0.2, 0.25) is 0 Å². The zero-order chi connectivity index (χ0) is 16.1. The van der Waals surface area contributed by atoms with Crippen molar-refractivity contribution in [3.8, 4) is 5.75 Å². The summed E-state index contributed by atoms with van der Waals surface area (Å²) < 4.78 is 5.55. The van der Waals surface area contributed by atoms with Crippen LogP contribution in [0.5, 0.6) is 5.75 Å². The number of carboxylic acids is 2. The number of ether oxygens (including phenoxy) is 1. The van der Waals surface area contributed by atoms with Gasteiger partial charge in [-0.2, -0.15) is 0 Å². The van der Waals surface area contributed by atoms with Gasteiger partial charge in [0, 0.05) is 6.54 Å². The molecule has 0 bridgehead atoms. The fourth-order valence-electron chi connectivity index (χ4n) is 2.43. The van der Waals surface area contributed by atoms with E-state index < -0.39 is 11.9 Å². The first-order valence-electron chi connectivity index (χ1n) is 7.08. The average Bonchev–Trinajstić information content (AvgIpc) is 2.44. The maximum atomic E-state index is 10.9. The van der Waals surface area contributed by atoms with E-state index >= 15 is 0 Å². The number of hydrogen-bond acceptors (Lipinski definition) is 5. The van der Waals surface area contributed by atoms with E-state index in [4.69, 9.17) is 14.9 Å². The van der Waals surface area contributed by atoms with Crippen molar-refractivity contribution < 1.29 is 24.5 Å². The number of fused-ring (bicyclic) bond motifs is 1. The molecule has 0 saturated carbocycles. The first kappa shape index (κ1) is 16.1. The van der Waals surface area contributed by atoms with Gasteiger partial charge in [-0.1, -0.05) is 6.07 Å². The highest BCUT2D eigenvalue weighted by Crippen LogP contribution is 2.32. The molecule has 0 fully saturated rings. The second-order valence-corrected chi connectivity index (χ2v) is 5.35. The number of nitrogens with zero attached hydrogens (tertiary/aromatic N) is 2. The normalized spacial score (nSPS) is 13.6. The molecule has 0 aromatic heterocycles. The standard InChI is InChI=1S/C15H20N2O5/c1-16(9-14(18)19)5-4-11-2-3-13-12(8-11)17(6-7-22-13)10-15(20)21/h2-3,8H,4-7,9-10H2,1H3,(H,18,19)(H,20,21). The highest BCUT2D eigenvalue weighted by Gasteiger charge is 2.20. The van der Waals surface area contributed by atoms with Gasteiger partial charge < -0.3 is 19.8 Å². The minimum Gasteiger partial charge on any atom is -0.490 e. The number of benzene rings is 1. The fraction of sp³-hybridized carbons (Fsp3) is 0.467. The van der Waals surface area contributed by atoms with Crippen LogP contribution >= 0.6 is 0 Å². The van der Waals surface area contributed by atoms with Crippen LogP contribution in [0.25, 0.3) is 0 Å². The van der Waals surface area contributed by atoms with Crippen LogP contribution in [0, 0.1) is 0 Å². The van der Waals surface area contributed by atoms with Gasteiger partial charge in [-0.05, 0) is 31.2 Å². The predicted molar refractivity (Wildman–Crippen MR) is 80.6 cm³/mol. The summed E-state index contributed by atoms with van der Waals surface area (Å²) >= 11 is 0. The topological polar surface area (TPSA) is 90.3 Å². The second-order valence-electron chi connectivity index (χ2n) is 5.35. The van der Waals surface area contributed by atoms with Gasteiger partial charge in [0.1, 0.15) is 18.9 Å². The van der Waals surface area contributed by atoms with Crippen LogP contribution in [0.1, 0.15) is 5.56 Å². The molecule has 1 aromatic rings. The summed E-state index contributed by atoms with van der Waals surface area (Å²) in [4.78, 5) is 25.1. The van der Waals surface area contributed by atoms with Crippen molar-refractivity contribution in [2.24, 2.45) is 0 Å². The number of carboxylic acid groups (broad SMARTS) is 2. The molecule has 1 aliphatic heterocycles. The summed E-state index contributed by atoms with van der Waals surface area (Å²) in [6.45, 7) is 1.57. The molecule has 0 atom stereocenters. The van der Waals surface area contributed by atoms with Crippen LogP contribution in [0.3, 0.4) is 0 Å². The minimum absolute atomic E-state index is 0.000803. The number of rotatable bonds is 7. The van der Waals surface area contributed by atoms with Crippen molar-refractivity contribution in [2.45, 2.75) is 6.42 Å². The second kappa shape index (κ2) is 7.13. The van der Waals surface area contributed by atoms with Crippen molar-refractivity contribution in [3.05, 3.63) is 23.8 Å². The van der Waals surface area contributed by atoms with Crippen LogP contribution in [0.15, 0.2) is 18.2 Å². The summed E-state index contributed by atoms with van der Waals surface area (Å²) in [5, 5.41) is 17.7. The summed E-state index contributed by atoms with van der Waals surface area (Å²) in [5.74, 6) is -1.04. The number of anilines is 1. The van der Waals surface area contributed by atoms with Gasteiger partial charge in [0.25, 0.3) is 0 Å². The molecule has 0 spiro atoms. The highest BCUT2D eigenvalue weighted by atomic mass is 16.5. The molecule has 1 heterocycles. The summed E-state index contributed by atoms with van der Waals surface area (Å²) in [6, 6.07) is 5.69. The predicted octanol–water partition coefficient (Wildman–Crippen LogP) is 0.529. The molecule has 2 rings (SSSR count). The Labute approximate surface area is 128 Å². The molecule has 0 aliphatic carbocycles. The number of carbonyl (C=O) groups is 2. The van der Waals surface area contributed by atoms with Crippen molar-refractivity contribution >= 4 is 17.6 Å². The molecule has 0 unspecified atom stereocenters. The van der Waals surface area contributed by atoms with E-state index in [-0.39, 0.29) is 13.1 Å². The van der Waals surface area contributed by atoms with Crippen LogP contribution < -0.4 is 9.64 Å². The molecule has 0 radical (unpaired) electrons. The lowest BCUT2D eigenvalue weighted by Gasteiger charge is -2.30. The Balaban J connectivity index is 2.05. The van der Waals surface area contributed by atoms with E-state index in [1.54, 1.807) is 16.8 Å². The summed E-state index contributed by atoms with van der Waals surface area (Å²) in [5.41, 5.74) is 1.81. The maximum Gasteiger partial charge on any atom is 0.323 e. The maximum absolute atomic E-state index is 10.9. The first-order valence-corrected chi connectivity index (χ1v) is 7.08. The molecule has 1 aromatic carbocycles. The van der Waals surface area contributed by atoms with Crippen molar-refractivity contribution in [2.75, 3.05) is 44.7 Å². The Morgan fingerprint density at radius 3 is 2.77 bits per heavy atom. The molecular formula is C15H20N2O5. The van der Waals surface area contributed by atoms with E-state index in [2.05, 4.69) is 0 Å². The molecule has 7 heteroatoms. The molecule has 0 saturated heterocycles. The fourth-order valence-corrected chi connectivity index (χ4v) is 2.43. The van der Waals surface area contributed by atoms with E-state index in [0.29, 0.717) is 31.9 Å². The summed E-state index contributed by atoms with van der Waals surface area (Å²) in [6.07, 6.45) is 0.692. The monoisotopic (exact) mass is 308 g/mol. The Morgan fingerprint density at radius 2 is 2.09 bits per heavy atom. The van der Waals surface area contributed by atoms with Crippen LogP contribution in [0.4, 0.5) is 5.69 Å². The van der Waals surface area contributed by atoms with Gasteiger partial charge in [-0.15, -0.1) is 0 Å². The third-order valence-electron chi connectivity index (χ3n) is 3.50. The van der Waals surface area contributed by atoms with Gasteiger partial charge in [-0.25, -0.2) is 0 Å². The molecule has 7 nitrogen and oxygen atoms in total. The van der Waals surface area contributed by atoms with E-state index in [0.717, 1.165) is 11.3 Å². The van der Waals surface area contributed by atoms with Gasteiger partial charge in [0.05, 0.1) is 18.8 Å². The van der Waals surface area contributed by atoms with Gasteiger partial charge in [0.15, 0.2) is 0 Å². The minimum atomic E-state index is -0.876. The number of aliphatic carboxylic acids is 2. The zero-order valence-electron chi connectivity index (χ0n) is 12.5. The lowest BCUT2D eigenvalue weighted by atomic mass is 10.1. The van der Waals surface area contributed by atoms with Crippen LogP contribution in [-0.4, -0.2) is 66.9 Å². The quantitative estimate of drug-likeness (QED) is 0.759. The molecule has 22 heavy (non-hydrogen) atoms. The van der Waals surface area contributed by atoms with Crippen molar-refractivity contribution in [1.82, 2.24) is 4.90 Å². The third kappa shape index (κ3) is 4.36. The van der Waals surface area contributed by atoms with E-state index in [1.165, 1.54) is 0 Å². The van der Waals surface area contributed by atoms with Gasteiger partial charge in [0.2, 0.25) is 0 Å². The lowest BCUT2D eigenvalue weighted by molar-refractivity contribution is -0.138. The third-order valence-corrected chi connectivity index (χ3v) is 3.50. The Kier molecular flexibility index (Phi) is 5.21. The molecule has 0 amide bonds. The molecule has 1 aliphatic rings. The van der Waals surface area contributed by atoms with Gasteiger partial charge >= 0.3 is 11.9 Å². The van der Waals surface area contributed by atoms with Gasteiger partial charge in [-0.3, -0.25) is 14.5 Å². The SMILES string of the molecule is CN(CCc1ccc2c(c1)N(CC(=O)O)CCO2)CC(=O)O. The Bertz CT molecular complexity index is 561. The molecule has 120 valence electrons. The average molecular weight is 308 g/mol. The van der Waals surface area contributed by atoms with Crippen molar-refractivity contribution in [1.29, 1.82) is 0 Å². The summed E-state index contributed by atoms with van der Waals surface area (Å²) in [7, 11) is 1.76. The molecular weight excluding hydrogens is 288 g/mol. The van der Waals surface area contributed by atoms with Crippen molar-refractivity contribution in [3.63, 3.8) is 0 Å². The number of hydrogen-bond donors (Lipinski definition) is 2. The Morgan fingerprint density at radius 1 is 1.32 bits per heavy atom. The highest BCUT2D eigenvalue weighted by molar-refractivity contribution is 5.75. The Hall–Kier alpha value is -2.28. The number of likely N-dealkylation sites (N-methyl/N-ethyl adjacent to an activating group) is 1. The van der Waals surface area contributed by atoms with E-state index in [1.807, 2.05) is 18.2 Å².